The summed E-state index contributed by atoms with van der Waals surface area (Å²) in [6.07, 6.45) is 1.50. The van der Waals surface area contributed by atoms with Crippen molar-refractivity contribution in [2.75, 3.05) is 0 Å². The number of nitrogens with zero attached hydrogens (tertiary/aromatic N) is 3. The van der Waals surface area contributed by atoms with E-state index in [1.165, 1.54) is 17.5 Å². The van der Waals surface area contributed by atoms with Crippen LogP contribution in [0.1, 0.15) is 0 Å². The summed E-state index contributed by atoms with van der Waals surface area (Å²) in [4.78, 5) is 3.68. The van der Waals surface area contributed by atoms with Crippen molar-refractivity contribution in [1.29, 1.82) is 0 Å². The van der Waals surface area contributed by atoms with Gasteiger partial charge in [-0.1, -0.05) is 0 Å². The molecule has 1 N–H and O–H groups in total. The van der Waals surface area contributed by atoms with Gasteiger partial charge in [-0.3, -0.25) is 0 Å². The molecule has 0 saturated heterocycles. The first-order valence-electron chi connectivity index (χ1n) is 3.95. The molecule has 0 spiro atoms. The molecule has 2 aromatic heterocycles. The maximum absolute atomic E-state index is 9.28. The number of aromatic hydroxyl groups is 1. The lowest BCUT2D eigenvalue weighted by Crippen LogP contribution is -1.71. The zero-order valence-corrected chi connectivity index (χ0v) is 7.98. The second-order valence-electron chi connectivity index (χ2n) is 2.50. The molecule has 5 heteroatoms. The van der Waals surface area contributed by atoms with Crippen LogP contribution < -0.4 is 0 Å². The van der Waals surface area contributed by atoms with E-state index in [2.05, 4.69) is 15.2 Å². The number of hydrogen-bond acceptors (Lipinski definition) is 5. The van der Waals surface area contributed by atoms with Gasteiger partial charge in [0.1, 0.15) is 10.7 Å². The first-order chi connectivity index (χ1) is 6.86. The Bertz CT molecular complexity index is 439. The summed E-state index contributed by atoms with van der Waals surface area (Å²) in [5.74, 6) is -0.104. The molecule has 2 heterocycles. The Balaban J connectivity index is 2.23. The third-order valence-electron chi connectivity index (χ3n) is 1.53. The van der Waals surface area contributed by atoms with Crippen LogP contribution in [0.4, 0.5) is 10.7 Å². The van der Waals surface area contributed by atoms with Gasteiger partial charge in [0.2, 0.25) is 5.88 Å². The average molecular weight is 205 g/mol. The molecule has 0 unspecified atom stereocenters. The molecule has 0 radical (unpaired) electrons. The predicted octanol–water partition coefficient (Wildman–Crippen LogP) is 3.26. The van der Waals surface area contributed by atoms with Crippen LogP contribution in [0, 0.1) is 0 Å². The number of aromatic nitrogens is 1. The molecular formula is C9H7N3OS. The van der Waals surface area contributed by atoms with Gasteiger partial charge >= 0.3 is 0 Å². The average Bonchev–Trinajstić information content (AvgIpc) is 2.69. The van der Waals surface area contributed by atoms with E-state index in [4.69, 9.17) is 0 Å². The van der Waals surface area contributed by atoms with Crippen LogP contribution in [0.3, 0.4) is 0 Å². The van der Waals surface area contributed by atoms with Crippen LogP contribution in [0.15, 0.2) is 46.1 Å². The SMILES string of the molecule is Oc1ncccc1/N=N/c1cccs1. The van der Waals surface area contributed by atoms with E-state index < -0.39 is 0 Å². The topological polar surface area (TPSA) is 57.8 Å². The van der Waals surface area contributed by atoms with Gasteiger partial charge in [0.05, 0.1) is 0 Å². The van der Waals surface area contributed by atoms with Crippen LogP contribution in [-0.2, 0) is 0 Å². The highest BCUT2D eigenvalue weighted by Crippen LogP contribution is 2.26. The summed E-state index contributed by atoms with van der Waals surface area (Å²) < 4.78 is 0. The molecule has 0 bridgehead atoms. The molecule has 70 valence electrons. The van der Waals surface area contributed by atoms with Gasteiger partial charge < -0.3 is 5.11 Å². The Hall–Kier alpha value is -1.75. The zero-order valence-electron chi connectivity index (χ0n) is 7.16. The number of hydrogen-bond donors (Lipinski definition) is 1. The van der Waals surface area contributed by atoms with Crippen LogP contribution in [0.5, 0.6) is 5.88 Å². The lowest BCUT2D eigenvalue weighted by Gasteiger charge is -1.92. The Morgan fingerprint density at radius 3 is 2.86 bits per heavy atom. The largest absolute Gasteiger partial charge is 0.492 e. The van der Waals surface area contributed by atoms with E-state index in [-0.39, 0.29) is 5.88 Å². The summed E-state index contributed by atoms with van der Waals surface area (Å²) in [6.45, 7) is 0. The minimum Gasteiger partial charge on any atom is -0.492 e. The van der Waals surface area contributed by atoms with Crippen molar-refractivity contribution in [3.05, 3.63) is 35.8 Å². The van der Waals surface area contributed by atoms with Crippen LogP contribution in [0.25, 0.3) is 0 Å². The minimum absolute atomic E-state index is 0.104. The van der Waals surface area contributed by atoms with E-state index >= 15 is 0 Å². The van der Waals surface area contributed by atoms with E-state index in [1.54, 1.807) is 12.1 Å². The predicted molar refractivity (Wildman–Crippen MR) is 54.4 cm³/mol. The second kappa shape index (κ2) is 3.97. The lowest BCUT2D eigenvalue weighted by atomic mass is 10.4. The van der Waals surface area contributed by atoms with Gasteiger partial charge in [0.25, 0.3) is 0 Å². The maximum Gasteiger partial charge on any atom is 0.239 e. The molecular weight excluding hydrogens is 198 g/mol. The van der Waals surface area contributed by atoms with Crippen molar-refractivity contribution in [3.8, 4) is 5.88 Å². The Morgan fingerprint density at radius 2 is 2.14 bits per heavy atom. The second-order valence-corrected chi connectivity index (χ2v) is 3.42. The minimum atomic E-state index is -0.104. The summed E-state index contributed by atoms with van der Waals surface area (Å²) >= 11 is 1.49. The van der Waals surface area contributed by atoms with Gasteiger partial charge in [0.15, 0.2) is 0 Å². The Labute approximate surface area is 84.6 Å². The quantitative estimate of drug-likeness (QED) is 0.765. The van der Waals surface area contributed by atoms with Crippen molar-refractivity contribution in [2.24, 2.45) is 10.2 Å². The third kappa shape index (κ3) is 1.94. The van der Waals surface area contributed by atoms with E-state index in [0.29, 0.717) is 5.69 Å². The molecule has 0 atom stereocenters. The molecule has 0 fully saturated rings. The van der Waals surface area contributed by atoms with Crippen molar-refractivity contribution in [1.82, 2.24) is 4.98 Å². The zero-order chi connectivity index (χ0) is 9.80. The first kappa shape index (κ1) is 8.83. The van der Waals surface area contributed by atoms with E-state index in [0.717, 1.165) is 5.00 Å². The normalized spacial score (nSPS) is 10.9. The van der Waals surface area contributed by atoms with Crippen LogP contribution in [-0.4, -0.2) is 10.1 Å². The van der Waals surface area contributed by atoms with Crippen molar-refractivity contribution in [3.63, 3.8) is 0 Å². The third-order valence-corrected chi connectivity index (χ3v) is 2.28. The first-order valence-corrected chi connectivity index (χ1v) is 4.83. The van der Waals surface area contributed by atoms with Gasteiger partial charge in [-0.2, -0.15) is 0 Å². The highest BCUT2D eigenvalue weighted by Gasteiger charge is 1.97. The monoisotopic (exact) mass is 205 g/mol. The standard InChI is InChI=1S/C9H7N3OS/c13-9-7(3-1-5-10-9)11-12-8-4-2-6-14-8/h1-6H,(H,10,13)/b12-11+. The van der Waals surface area contributed by atoms with Gasteiger partial charge in [-0.05, 0) is 29.6 Å². The summed E-state index contributed by atoms with van der Waals surface area (Å²) in [5, 5.41) is 19.8. The maximum atomic E-state index is 9.28. The highest BCUT2D eigenvalue weighted by atomic mass is 32.1. The highest BCUT2D eigenvalue weighted by molar-refractivity contribution is 7.13. The molecule has 0 aliphatic heterocycles. The van der Waals surface area contributed by atoms with Crippen molar-refractivity contribution < 1.29 is 5.11 Å². The van der Waals surface area contributed by atoms with Crippen LogP contribution >= 0.6 is 11.3 Å². The van der Waals surface area contributed by atoms with Gasteiger partial charge in [-0.25, -0.2) is 4.98 Å². The number of pyridine rings is 1. The molecule has 14 heavy (non-hydrogen) atoms. The summed E-state index contributed by atoms with van der Waals surface area (Å²) in [6, 6.07) is 7.09. The van der Waals surface area contributed by atoms with E-state index in [1.807, 2.05) is 17.5 Å². The van der Waals surface area contributed by atoms with E-state index in [9.17, 15) is 5.11 Å². The van der Waals surface area contributed by atoms with Crippen LogP contribution in [0.2, 0.25) is 0 Å². The molecule has 0 amide bonds. The lowest BCUT2D eigenvalue weighted by molar-refractivity contribution is 0.455. The molecule has 2 rings (SSSR count). The number of azo groups is 1. The van der Waals surface area contributed by atoms with Crippen molar-refractivity contribution in [2.45, 2.75) is 0 Å². The molecule has 0 aromatic carbocycles. The summed E-state index contributed by atoms with van der Waals surface area (Å²) in [7, 11) is 0. The fourth-order valence-electron chi connectivity index (χ4n) is 0.896. The smallest absolute Gasteiger partial charge is 0.239 e. The Morgan fingerprint density at radius 1 is 1.21 bits per heavy atom. The fourth-order valence-corrected chi connectivity index (χ4v) is 1.44. The molecule has 2 aromatic rings. The molecule has 0 aliphatic carbocycles. The molecule has 4 nitrogen and oxygen atoms in total. The fraction of sp³-hybridized carbons (Fsp3) is 0. The van der Waals surface area contributed by atoms with Gasteiger partial charge in [0, 0.05) is 6.20 Å². The number of thiophene rings is 1. The number of rotatable bonds is 2. The Kier molecular flexibility index (Phi) is 2.51. The summed E-state index contributed by atoms with van der Waals surface area (Å²) in [5.41, 5.74) is 0.376. The van der Waals surface area contributed by atoms with Crippen molar-refractivity contribution >= 4 is 22.0 Å². The van der Waals surface area contributed by atoms with Gasteiger partial charge in [-0.15, -0.1) is 21.6 Å². The molecule has 0 aliphatic rings. The molecule has 0 saturated carbocycles.